The fourth-order valence-corrected chi connectivity index (χ4v) is 3.66. The van der Waals surface area contributed by atoms with Crippen LogP contribution >= 0.6 is 11.8 Å². The molecule has 0 saturated heterocycles. The molecule has 0 aliphatic heterocycles. The van der Waals surface area contributed by atoms with Gasteiger partial charge in [0.25, 0.3) is 0 Å². The van der Waals surface area contributed by atoms with E-state index in [0.717, 1.165) is 15.5 Å². The quantitative estimate of drug-likeness (QED) is 0.510. The van der Waals surface area contributed by atoms with Crippen LogP contribution in [-0.4, -0.2) is 22.9 Å². The molecule has 0 aliphatic carbocycles. The number of benzene rings is 2. The van der Waals surface area contributed by atoms with Crippen molar-refractivity contribution in [3.05, 3.63) is 65.4 Å². The van der Waals surface area contributed by atoms with Crippen molar-refractivity contribution < 1.29 is 14.3 Å². The Kier molecular flexibility index (Phi) is 6.03. The lowest BCUT2D eigenvalue weighted by Crippen LogP contribution is -2.25. The molecule has 29 heavy (non-hydrogen) atoms. The topological polar surface area (TPSA) is 53.4 Å². The van der Waals surface area contributed by atoms with E-state index in [1.807, 2.05) is 27.7 Å². The molecule has 5 nitrogen and oxygen atoms in total. The second-order valence-corrected chi connectivity index (χ2v) is 8.92. The molecule has 0 aliphatic rings. The minimum atomic E-state index is -0.427. The van der Waals surface area contributed by atoms with Gasteiger partial charge in [-0.1, -0.05) is 29.5 Å². The van der Waals surface area contributed by atoms with Crippen molar-refractivity contribution in [3.63, 3.8) is 0 Å². The summed E-state index contributed by atoms with van der Waals surface area (Å²) in [7, 11) is 1.59. The minimum absolute atomic E-state index is 0.341. The van der Waals surface area contributed by atoms with Gasteiger partial charge in [0, 0.05) is 4.90 Å². The third-order valence-corrected chi connectivity index (χ3v) is 5.54. The zero-order chi connectivity index (χ0) is 21.2. The second kappa shape index (κ2) is 8.33. The largest absolute Gasteiger partial charge is 0.497 e. The van der Waals surface area contributed by atoms with E-state index in [2.05, 4.69) is 36.3 Å². The summed E-state index contributed by atoms with van der Waals surface area (Å²) in [5.74, 6) is 0.720. The van der Waals surface area contributed by atoms with Gasteiger partial charge in [0.1, 0.15) is 5.75 Å². The number of nitrogens with zero attached hydrogens (tertiary/aromatic N) is 2. The smallest absolute Gasteiger partial charge is 0.344 e. The Morgan fingerprint density at radius 1 is 1.00 bits per heavy atom. The van der Waals surface area contributed by atoms with Crippen LogP contribution in [0, 0.1) is 13.8 Å². The average Bonchev–Trinajstić information content (AvgIpc) is 2.99. The molecule has 0 atom stereocenters. The highest BCUT2D eigenvalue weighted by Gasteiger charge is 2.27. The molecular weight excluding hydrogens is 384 g/mol. The van der Waals surface area contributed by atoms with Gasteiger partial charge in [-0.2, -0.15) is 5.10 Å². The first-order valence-corrected chi connectivity index (χ1v) is 10.2. The van der Waals surface area contributed by atoms with Gasteiger partial charge in [-0.25, -0.2) is 9.48 Å². The number of esters is 1. The van der Waals surface area contributed by atoms with Crippen molar-refractivity contribution in [2.75, 3.05) is 7.11 Å². The summed E-state index contributed by atoms with van der Waals surface area (Å²) in [6, 6.07) is 15.1. The van der Waals surface area contributed by atoms with Gasteiger partial charge in [-0.05, 0) is 71.0 Å². The number of methoxy groups -OCH3 is 1. The fourth-order valence-electron chi connectivity index (χ4n) is 2.75. The second-order valence-electron chi connectivity index (χ2n) is 7.84. The molecule has 1 aromatic heterocycles. The number of hydrogen-bond donors (Lipinski definition) is 0. The number of hydrogen-bond acceptors (Lipinski definition) is 5. The number of rotatable bonds is 5. The third-order valence-electron chi connectivity index (χ3n) is 4.36. The summed E-state index contributed by atoms with van der Waals surface area (Å²) < 4.78 is 12.8. The van der Waals surface area contributed by atoms with E-state index in [4.69, 9.17) is 9.47 Å². The number of carbonyl (C=O) groups is 1. The summed E-state index contributed by atoms with van der Waals surface area (Å²) in [5.41, 5.74) is 2.13. The molecule has 0 bridgehead atoms. The summed E-state index contributed by atoms with van der Waals surface area (Å²) in [6.45, 7) is 10.1. The van der Waals surface area contributed by atoms with Gasteiger partial charge in [-0.3, -0.25) is 0 Å². The Balaban J connectivity index is 1.97. The summed E-state index contributed by atoms with van der Waals surface area (Å²) >= 11 is 1.55. The van der Waals surface area contributed by atoms with Crippen LogP contribution in [0.15, 0.2) is 58.3 Å². The Morgan fingerprint density at radius 2 is 1.62 bits per heavy atom. The predicted octanol–water partition coefficient (Wildman–Crippen LogP) is 5.63. The molecule has 0 unspecified atom stereocenters. The highest BCUT2D eigenvalue weighted by atomic mass is 32.2. The van der Waals surface area contributed by atoms with E-state index in [9.17, 15) is 4.79 Å². The molecule has 3 rings (SSSR count). The molecule has 1 heterocycles. The van der Waals surface area contributed by atoms with Gasteiger partial charge in [0.05, 0.1) is 28.8 Å². The number of aryl methyl sites for hydroxylation is 2. The summed E-state index contributed by atoms with van der Waals surface area (Å²) in [5, 5.41) is 4.67. The molecule has 3 aromatic rings. The van der Waals surface area contributed by atoms with Crippen molar-refractivity contribution in [1.29, 1.82) is 0 Å². The minimum Gasteiger partial charge on any atom is -0.497 e. The highest BCUT2D eigenvalue weighted by Crippen LogP contribution is 2.40. The predicted molar refractivity (Wildman–Crippen MR) is 115 cm³/mol. The zero-order valence-electron chi connectivity index (χ0n) is 17.6. The van der Waals surface area contributed by atoms with Gasteiger partial charge in [0.15, 0.2) is 0 Å². The number of aromatic nitrogens is 2. The molecule has 0 spiro atoms. The lowest BCUT2D eigenvalue weighted by molar-refractivity contribution is 0.0704. The van der Waals surface area contributed by atoms with E-state index in [1.165, 1.54) is 5.56 Å². The third kappa shape index (κ3) is 4.82. The van der Waals surface area contributed by atoms with Crippen LogP contribution in [0.5, 0.6) is 11.6 Å². The van der Waals surface area contributed by atoms with Crippen molar-refractivity contribution >= 4 is 17.7 Å². The maximum Gasteiger partial charge on any atom is 0.344 e. The molecule has 0 amide bonds. The van der Waals surface area contributed by atoms with Crippen LogP contribution in [0.1, 0.15) is 42.4 Å². The normalized spacial score (nSPS) is 11.4. The first-order chi connectivity index (χ1) is 13.7. The Morgan fingerprint density at radius 3 is 2.17 bits per heavy atom. The lowest BCUT2D eigenvalue weighted by Gasteiger charge is -2.22. The Bertz CT molecular complexity index is 1000. The first kappa shape index (κ1) is 21.0. The Labute approximate surface area is 176 Å². The van der Waals surface area contributed by atoms with Gasteiger partial charge < -0.3 is 9.47 Å². The van der Waals surface area contributed by atoms with Crippen molar-refractivity contribution in [1.82, 2.24) is 9.78 Å². The fraction of sp³-hybridized carbons (Fsp3) is 0.304. The van der Waals surface area contributed by atoms with E-state index in [-0.39, 0.29) is 5.54 Å². The van der Waals surface area contributed by atoms with Gasteiger partial charge in [-0.15, -0.1) is 0 Å². The van der Waals surface area contributed by atoms with Crippen molar-refractivity contribution in [2.24, 2.45) is 0 Å². The molecular formula is C23H26N2O3S. The van der Waals surface area contributed by atoms with Crippen LogP contribution in [0.25, 0.3) is 0 Å². The number of ether oxygens (including phenoxy) is 2. The molecule has 2 aromatic carbocycles. The SMILES string of the molecule is COc1ccc(C(=O)Oc2c(Sc3ccc(C)cc3)c(C)nn2C(C)(C)C)cc1. The van der Waals surface area contributed by atoms with Crippen molar-refractivity contribution in [3.8, 4) is 11.6 Å². The molecule has 0 N–H and O–H groups in total. The molecule has 152 valence electrons. The van der Waals surface area contributed by atoms with E-state index in [0.29, 0.717) is 17.2 Å². The molecule has 0 saturated carbocycles. The zero-order valence-corrected chi connectivity index (χ0v) is 18.5. The molecule has 0 radical (unpaired) electrons. The average molecular weight is 411 g/mol. The summed E-state index contributed by atoms with van der Waals surface area (Å²) in [6.07, 6.45) is 0. The van der Waals surface area contributed by atoms with E-state index >= 15 is 0 Å². The maximum atomic E-state index is 12.8. The number of carbonyl (C=O) groups excluding carboxylic acids is 1. The standard InChI is InChI=1S/C23H26N2O3S/c1-15-7-13-19(14-8-15)29-20-16(2)24-25(23(3,4)5)21(20)28-22(26)17-9-11-18(27-6)12-10-17/h7-14H,1-6H3. The van der Waals surface area contributed by atoms with Crippen LogP contribution in [0.4, 0.5) is 0 Å². The summed E-state index contributed by atoms with van der Waals surface area (Å²) in [4.78, 5) is 14.7. The van der Waals surface area contributed by atoms with Gasteiger partial charge >= 0.3 is 5.97 Å². The van der Waals surface area contributed by atoms with Gasteiger partial charge in [0.2, 0.25) is 5.88 Å². The van der Waals surface area contributed by atoms with Crippen molar-refractivity contribution in [2.45, 2.75) is 49.9 Å². The monoisotopic (exact) mass is 410 g/mol. The first-order valence-electron chi connectivity index (χ1n) is 9.40. The van der Waals surface area contributed by atoms with Crippen LogP contribution < -0.4 is 9.47 Å². The van der Waals surface area contributed by atoms with E-state index in [1.54, 1.807) is 47.8 Å². The van der Waals surface area contributed by atoms with Crippen LogP contribution in [0.3, 0.4) is 0 Å². The van der Waals surface area contributed by atoms with Crippen LogP contribution in [-0.2, 0) is 5.54 Å². The van der Waals surface area contributed by atoms with Crippen LogP contribution in [0.2, 0.25) is 0 Å². The molecule has 6 heteroatoms. The lowest BCUT2D eigenvalue weighted by atomic mass is 10.1. The van der Waals surface area contributed by atoms with E-state index < -0.39 is 5.97 Å². The Hall–Kier alpha value is -2.73. The maximum absolute atomic E-state index is 12.8. The molecule has 0 fully saturated rings. The highest BCUT2D eigenvalue weighted by molar-refractivity contribution is 7.99.